The Kier molecular flexibility index (Phi) is 7.18. The molecule has 1 amide bonds. The van der Waals surface area contributed by atoms with Gasteiger partial charge in [0.15, 0.2) is 12.6 Å². The Morgan fingerprint density at radius 3 is 2.32 bits per heavy atom. The van der Waals surface area contributed by atoms with Crippen LogP contribution in [0.5, 0.6) is 5.75 Å². The first-order valence-electron chi connectivity index (χ1n) is 8.80. The number of carbonyl (C=O) groups is 1. The third kappa shape index (κ3) is 5.85. The largest absolute Gasteiger partial charge is 0.484 e. The van der Waals surface area contributed by atoms with Gasteiger partial charge < -0.3 is 10.1 Å². The van der Waals surface area contributed by atoms with Crippen molar-refractivity contribution in [2.45, 2.75) is 23.2 Å². The Bertz CT molecular complexity index is 763. The summed E-state index contributed by atoms with van der Waals surface area (Å²) < 4.78 is 45.6. The van der Waals surface area contributed by atoms with E-state index in [9.17, 15) is 18.0 Å². The molecule has 2 aromatic carbocycles. The normalized spacial score (nSPS) is 16.4. The van der Waals surface area contributed by atoms with Crippen LogP contribution in [0.4, 0.5) is 13.2 Å². The summed E-state index contributed by atoms with van der Waals surface area (Å²) in [5, 5.41) is 2.01. The number of nitrogens with one attached hydrogen (secondary N) is 1. The number of thioether (sulfide) groups is 2. The van der Waals surface area contributed by atoms with Crippen LogP contribution in [0.1, 0.15) is 28.2 Å². The highest BCUT2D eigenvalue weighted by Gasteiger charge is 2.41. The van der Waals surface area contributed by atoms with Gasteiger partial charge in [0.25, 0.3) is 5.91 Å². The molecule has 150 valence electrons. The van der Waals surface area contributed by atoms with Gasteiger partial charge in [0.2, 0.25) is 0 Å². The summed E-state index contributed by atoms with van der Waals surface area (Å²) in [7, 11) is 0. The number of ether oxygens (including phenoxy) is 1. The Balaban J connectivity index is 1.55. The lowest BCUT2D eigenvalue weighted by atomic mass is 10.1. The van der Waals surface area contributed by atoms with Gasteiger partial charge in [-0.1, -0.05) is 42.5 Å². The number of halogens is 3. The van der Waals surface area contributed by atoms with E-state index in [1.54, 1.807) is 18.2 Å². The first-order chi connectivity index (χ1) is 13.4. The van der Waals surface area contributed by atoms with Gasteiger partial charge >= 0.3 is 6.18 Å². The first kappa shape index (κ1) is 20.9. The van der Waals surface area contributed by atoms with E-state index in [-0.39, 0.29) is 5.56 Å². The number of carbonyl (C=O) groups excluding carboxylic acids is 1. The second-order valence-corrected chi connectivity index (χ2v) is 8.96. The van der Waals surface area contributed by atoms with Crippen molar-refractivity contribution in [2.24, 2.45) is 0 Å². The average molecular weight is 428 g/mol. The summed E-state index contributed by atoms with van der Waals surface area (Å²) in [6.45, 7) is -0.480. The smallest absolute Gasteiger partial charge is 0.412 e. The van der Waals surface area contributed by atoms with Crippen molar-refractivity contribution in [3.05, 3.63) is 65.7 Å². The van der Waals surface area contributed by atoms with Crippen molar-refractivity contribution >= 4 is 29.4 Å². The summed E-state index contributed by atoms with van der Waals surface area (Å²) in [5.74, 6) is 1.90. The molecule has 1 aliphatic heterocycles. The molecule has 1 aliphatic rings. The standard InChI is InChI=1S/C20H20F3NO2S2/c21-20(22,23)18(14-5-2-1-3-6-14)24-17(25)13-26-16-9-7-15(8-10-16)19-27-11-4-12-28-19/h1-3,5-10,18-19H,4,11-13H2,(H,24,25). The van der Waals surface area contributed by atoms with Crippen LogP contribution in [-0.4, -0.2) is 30.2 Å². The van der Waals surface area contributed by atoms with E-state index in [0.717, 1.165) is 11.5 Å². The molecule has 1 fully saturated rings. The van der Waals surface area contributed by atoms with Crippen LogP contribution < -0.4 is 10.1 Å². The van der Waals surface area contributed by atoms with Gasteiger partial charge in [-0.2, -0.15) is 13.2 Å². The van der Waals surface area contributed by atoms with Gasteiger partial charge in [-0.05, 0) is 41.2 Å². The van der Waals surface area contributed by atoms with Crippen LogP contribution in [0.15, 0.2) is 54.6 Å². The van der Waals surface area contributed by atoms with Crippen molar-refractivity contribution in [3.63, 3.8) is 0 Å². The molecular formula is C20H20F3NO2S2. The second kappa shape index (κ2) is 9.60. The molecule has 0 bridgehead atoms. The zero-order valence-electron chi connectivity index (χ0n) is 14.9. The van der Waals surface area contributed by atoms with Gasteiger partial charge in [0.05, 0.1) is 4.58 Å². The van der Waals surface area contributed by atoms with E-state index in [0.29, 0.717) is 10.3 Å². The maximum absolute atomic E-state index is 13.3. The molecule has 0 aromatic heterocycles. The minimum absolute atomic E-state index is 0.0183. The van der Waals surface area contributed by atoms with Crippen LogP contribution in [-0.2, 0) is 4.79 Å². The summed E-state index contributed by atoms with van der Waals surface area (Å²) in [6.07, 6.45) is -3.38. The molecule has 0 saturated carbocycles. The Labute approximate surface area is 170 Å². The quantitative estimate of drug-likeness (QED) is 0.674. The SMILES string of the molecule is O=C(COc1ccc(C2SCCCS2)cc1)NC(c1ccccc1)C(F)(F)F. The lowest BCUT2D eigenvalue weighted by molar-refractivity contribution is -0.164. The van der Waals surface area contributed by atoms with E-state index in [2.05, 4.69) is 0 Å². The van der Waals surface area contributed by atoms with Crippen LogP contribution in [0.2, 0.25) is 0 Å². The number of alkyl halides is 3. The van der Waals surface area contributed by atoms with Crippen molar-refractivity contribution in [1.82, 2.24) is 5.32 Å². The molecule has 0 spiro atoms. The van der Waals surface area contributed by atoms with Crippen LogP contribution >= 0.6 is 23.5 Å². The molecular weight excluding hydrogens is 407 g/mol. The summed E-state index contributed by atoms with van der Waals surface area (Å²) in [6, 6.07) is 12.6. The monoisotopic (exact) mass is 427 g/mol. The lowest BCUT2D eigenvalue weighted by Gasteiger charge is -2.22. The van der Waals surface area contributed by atoms with E-state index < -0.39 is 24.7 Å². The van der Waals surface area contributed by atoms with E-state index in [4.69, 9.17) is 4.74 Å². The Hall–Kier alpha value is -1.80. The molecule has 0 radical (unpaired) electrons. The van der Waals surface area contributed by atoms with Crippen molar-refractivity contribution in [3.8, 4) is 5.75 Å². The minimum Gasteiger partial charge on any atom is -0.484 e. The van der Waals surface area contributed by atoms with Crippen molar-refractivity contribution in [1.29, 1.82) is 0 Å². The summed E-state index contributed by atoms with van der Waals surface area (Å²) >= 11 is 3.80. The molecule has 8 heteroatoms. The number of hydrogen-bond acceptors (Lipinski definition) is 4. The molecule has 28 heavy (non-hydrogen) atoms. The van der Waals surface area contributed by atoms with Crippen LogP contribution in [0, 0.1) is 0 Å². The van der Waals surface area contributed by atoms with Gasteiger partial charge in [-0.15, -0.1) is 23.5 Å². The topological polar surface area (TPSA) is 38.3 Å². The van der Waals surface area contributed by atoms with Gasteiger partial charge in [0.1, 0.15) is 5.75 Å². The fraction of sp³-hybridized carbons (Fsp3) is 0.350. The third-order valence-electron chi connectivity index (χ3n) is 4.11. The molecule has 1 N–H and O–H groups in total. The number of amides is 1. The molecule has 1 atom stereocenters. The lowest BCUT2D eigenvalue weighted by Crippen LogP contribution is -2.40. The van der Waals surface area contributed by atoms with Crippen molar-refractivity contribution in [2.75, 3.05) is 18.1 Å². The highest BCUT2D eigenvalue weighted by Crippen LogP contribution is 2.43. The van der Waals surface area contributed by atoms with Crippen molar-refractivity contribution < 1.29 is 22.7 Å². The third-order valence-corrected chi connectivity index (χ3v) is 7.13. The number of hydrogen-bond donors (Lipinski definition) is 1. The van der Waals surface area contributed by atoms with Gasteiger partial charge in [-0.3, -0.25) is 4.79 Å². The number of rotatable bonds is 6. The van der Waals surface area contributed by atoms with Crippen LogP contribution in [0.25, 0.3) is 0 Å². The fourth-order valence-corrected chi connectivity index (χ4v) is 5.65. The van der Waals surface area contributed by atoms with E-state index in [1.165, 1.54) is 36.2 Å². The molecule has 1 heterocycles. The molecule has 3 rings (SSSR count). The van der Waals surface area contributed by atoms with E-state index >= 15 is 0 Å². The first-order valence-corrected chi connectivity index (χ1v) is 10.9. The summed E-state index contributed by atoms with van der Waals surface area (Å²) in [4.78, 5) is 12.0. The van der Waals surface area contributed by atoms with E-state index in [1.807, 2.05) is 41.0 Å². The molecule has 1 saturated heterocycles. The highest BCUT2D eigenvalue weighted by atomic mass is 32.2. The van der Waals surface area contributed by atoms with Crippen LogP contribution in [0.3, 0.4) is 0 Å². The zero-order chi connectivity index (χ0) is 20.0. The Morgan fingerprint density at radius 1 is 1.07 bits per heavy atom. The molecule has 2 aromatic rings. The maximum atomic E-state index is 13.3. The average Bonchev–Trinajstić information content (AvgIpc) is 2.71. The Morgan fingerprint density at radius 2 is 1.71 bits per heavy atom. The van der Waals surface area contributed by atoms with Gasteiger partial charge in [-0.25, -0.2) is 0 Å². The second-order valence-electron chi connectivity index (χ2n) is 6.24. The highest BCUT2D eigenvalue weighted by molar-refractivity contribution is 8.16. The number of benzene rings is 2. The summed E-state index contributed by atoms with van der Waals surface area (Å²) in [5.41, 5.74) is 1.16. The minimum atomic E-state index is -4.59. The zero-order valence-corrected chi connectivity index (χ0v) is 16.6. The molecule has 0 aliphatic carbocycles. The maximum Gasteiger partial charge on any atom is 0.412 e. The fourth-order valence-electron chi connectivity index (χ4n) is 2.75. The predicted octanol–water partition coefficient (Wildman–Crippen LogP) is 5.35. The van der Waals surface area contributed by atoms with Gasteiger partial charge in [0, 0.05) is 0 Å². The molecule has 1 unspecified atom stereocenters. The molecule has 3 nitrogen and oxygen atoms in total. The predicted molar refractivity (Wildman–Crippen MR) is 108 cm³/mol.